The summed E-state index contributed by atoms with van der Waals surface area (Å²) in [6.07, 6.45) is 6.39. The quantitative estimate of drug-likeness (QED) is 0.688. The zero-order valence-corrected chi connectivity index (χ0v) is 10.2. The molecule has 1 rings (SSSR count). The molecule has 1 heterocycles. The zero-order valence-electron chi connectivity index (χ0n) is 10.2. The van der Waals surface area contributed by atoms with E-state index in [9.17, 15) is 4.79 Å². The van der Waals surface area contributed by atoms with Crippen LogP contribution in [0.3, 0.4) is 0 Å². The van der Waals surface area contributed by atoms with Crippen LogP contribution in [-0.2, 0) is 9.53 Å². The molecule has 2 atom stereocenters. The second-order valence-corrected chi connectivity index (χ2v) is 4.46. The highest BCUT2D eigenvalue weighted by Crippen LogP contribution is 2.14. The summed E-state index contributed by atoms with van der Waals surface area (Å²) in [5, 5.41) is 2.87. The Hall–Kier alpha value is -0.610. The van der Waals surface area contributed by atoms with Crippen LogP contribution in [0.25, 0.3) is 0 Å². The molecule has 94 valence electrons. The van der Waals surface area contributed by atoms with Gasteiger partial charge in [-0.15, -0.1) is 0 Å². The van der Waals surface area contributed by atoms with E-state index in [0.29, 0.717) is 12.6 Å². The lowest BCUT2D eigenvalue weighted by atomic mass is 10.1. The molecule has 4 nitrogen and oxygen atoms in total. The predicted octanol–water partition coefficient (Wildman–Crippen LogP) is 1.19. The topological polar surface area (TPSA) is 64.4 Å². The van der Waals surface area contributed by atoms with Gasteiger partial charge in [-0.25, -0.2) is 0 Å². The Morgan fingerprint density at radius 1 is 1.62 bits per heavy atom. The van der Waals surface area contributed by atoms with E-state index in [0.717, 1.165) is 45.1 Å². The van der Waals surface area contributed by atoms with Gasteiger partial charge in [-0.1, -0.05) is 19.8 Å². The number of rotatable bonds is 7. The monoisotopic (exact) mass is 228 g/mol. The van der Waals surface area contributed by atoms with E-state index in [4.69, 9.17) is 10.5 Å². The fraction of sp³-hybridized carbons (Fsp3) is 0.917. The molecule has 0 saturated carbocycles. The van der Waals surface area contributed by atoms with Gasteiger partial charge >= 0.3 is 0 Å². The molecule has 4 heteroatoms. The van der Waals surface area contributed by atoms with Crippen molar-refractivity contribution in [2.75, 3.05) is 13.2 Å². The number of carbonyl (C=O) groups excluding carboxylic acids is 1. The van der Waals surface area contributed by atoms with Gasteiger partial charge in [0.05, 0.1) is 12.1 Å². The Bertz CT molecular complexity index is 203. The zero-order chi connectivity index (χ0) is 11.8. The molecule has 0 aromatic rings. The van der Waals surface area contributed by atoms with E-state index in [2.05, 4.69) is 12.2 Å². The summed E-state index contributed by atoms with van der Waals surface area (Å²) in [5.41, 5.74) is 5.75. The number of hydrogen-bond donors (Lipinski definition) is 2. The van der Waals surface area contributed by atoms with Crippen LogP contribution in [0.1, 0.15) is 45.4 Å². The second-order valence-electron chi connectivity index (χ2n) is 4.46. The van der Waals surface area contributed by atoms with Gasteiger partial charge in [-0.3, -0.25) is 4.79 Å². The van der Waals surface area contributed by atoms with Gasteiger partial charge in [-0.05, 0) is 25.7 Å². The number of unbranched alkanes of at least 4 members (excludes halogenated alkanes) is 1. The van der Waals surface area contributed by atoms with Crippen LogP contribution < -0.4 is 11.1 Å². The van der Waals surface area contributed by atoms with Crippen molar-refractivity contribution in [2.24, 2.45) is 5.73 Å². The molecule has 2 unspecified atom stereocenters. The highest BCUT2D eigenvalue weighted by molar-refractivity contribution is 5.81. The lowest BCUT2D eigenvalue weighted by Gasteiger charge is -2.13. The predicted molar refractivity (Wildman–Crippen MR) is 64.1 cm³/mol. The van der Waals surface area contributed by atoms with Crippen LogP contribution in [0.4, 0.5) is 0 Å². The Kier molecular flexibility index (Phi) is 6.42. The molecule has 0 aromatic heterocycles. The number of nitrogens with two attached hydrogens (primary N) is 1. The highest BCUT2D eigenvalue weighted by atomic mass is 16.5. The number of carbonyl (C=O) groups is 1. The number of nitrogens with one attached hydrogen (secondary N) is 1. The smallest absolute Gasteiger partial charge is 0.236 e. The van der Waals surface area contributed by atoms with Crippen molar-refractivity contribution < 1.29 is 9.53 Å². The minimum Gasteiger partial charge on any atom is -0.378 e. The molecule has 0 spiro atoms. The lowest BCUT2D eigenvalue weighted by Crippen LogP contribution is -2.41. The molecule has 1 aliphatic heterocycles. The molecule has 3 N–H and O–H groups in total. The minimum atomic E-state index is -0.343. The third-order valence-electron chi connectivity index (χ3n) is 2.99. The maximum Gasteiger partial charge on any atom is 0.236 e. The molecular weight excluding hydrogens is 204 g/mol. The average Bonchev–Trinajstić information content (AvgIpc) is 2.78. The van der Waals surface area contributed by atoms with Crippen LogP contribution in [0, 0.1) is 0 Å². The Morgan fingerprint density at radius 3 is 3.06 bits per heavy atom. The first-order valence-corrected chi connectivity index (χ1v) is 6.39. The molecule has 16 heavy (non-hydrogen) atoms. The fourth-order valence-corrected chi connectivity index (χ4v) is 1.91. The molecule has 0 aliphatic carbocycles. The SMILES string of the molecule is CCCCC(N)C(=O)NCCC1CCCO1. The van der Waals surface area contributed by atoms with Gasteiger partial charge in [0.25, 0.3) is 0 Å². The fourth-order valence-electron chi connectivity index (χ4n) is 1.91. The summed E-state index contributed by atoms with van der Waals surface area (Å²) >= 11 is 0. The molecule has 0 bridgehead atoms. The summed E-state index contributed by atoms with van der Waals surface area (Å²) < 4.78 is 5.48. The van der Waals surface area contributed by atoms with Crippen molar-refractivity contribution >= 4 is 5.91 Å². The molecule has 1 amide bonds. The van der Waals surface area contributed by atoms with E-state index in [1.807, 2.05) is 0 Å². The van der Waals surface area contributed by atoms with E-state index in [-0.39, 0.29) is 11.9 Å². The summed E-state index contributed by atoms with van der Waals surface area (Å²) in [7, 11) is 0. The molecule has 1 fully saturated rings. The first-order chi connectivity index (χ1) is 7.74. The van der Waals surface area contributed by atoms with Crippen molar-refractivity contribution in [1.29, 1.82) is 0 Å². The number of amides is 1. The van der Waals surface area contributed by atoms with E-state index in [1.165, 1.54) is 0 Å². The van der Waals surface area contributed by atoms with Crippen molar-refractivity contribution in [3.8, 4) is 0 Å². The van der Waals surface area contributed by atoms with Gasteiger partial charge < -0.3 is 15.8 Å². The standard InChI is InChI=1S/C12H24N2O2/c1-2-3-6-11(13)12(15)14-8-7-10-5-4-9-16-10/h10-11H,2-9,13H2,1H3,(H,14,15). The normalized spacial score (nSPS) is 22.0. The summed E-state index contributed by atoms with van der Waals surface area (Å²) in [5.74, 6) is -0.0218. The van der Waals surface area contributed by atoms with E-state index >= 15 is 0 Å². The van der Waals surface area contributed by atoms with Gasteiger partial charge in [0.15, 0.2) is 0 Å². The molecule has 0 radical (unpaired) electrons. The Morgan fingerprint density at radius 2 is 2.44 bits per heavy atom. The first kappa shape index (κ1) is 13.5. The van der Waals surface area contributed by atoms with Crippen LogP contribution in [0.15, 0.2) is 0 Å². The van der Waals surface area contributed by atoms with Gasteiger partial charge in [0.1, 0.15) is 0 Å². The second kappa shape index (κ2) is 7.63. The van der Waals surface area contributed by atoms with Gasteiger partial charge in [0.2, 0.25) is 5.91 Å². The Balaban J connectivity index is 2.04. The maximum absolute atomic E-state index is 11.5. The minimum absolute atomic E-state index is 0.0218. The van der Waals surface area contributed by atoms with Crippen molar-refractivity contribution in [2.45, 2.75) is 57.6 Å². The van der Waals surface area contributed by atoms with Gasteiger partial charge in [-0.2, -0.15) is 0 Å². The molecule has 1 aliphatic rings. The van der Waals surface area contributed by atoms with Crippen LogP contribution >= 0.6 is 0 Å². The van der Waals surface area contributed by atoms with Gasteiger partial charge in [0, 0.05) is 13.2 Å². The molecule has 0 aromatic carbocycles. The van der Waals surface area contributed by atoms with Crippen molar-refractivity contribution in [3.05, 3.63) is 0 Å². The third-order valence-corrected chi connectivity index (χ3v) is 2.99. The summed E-state index contributed by atoms with van der Waals surface area (Å²) in [6, 6.07) is -0.343. The highest BCUT2D eigenvalue weighted by Gasteiger charge is 2.16. The van der Waals surface area contributed by atoms with Crippen LogP contribution in [0.5, 0.6) is 0 Å². The number of ether oxygens (including phenoxy) is 1. The van der Waals surface area contributed by atoms with Crippen LogP contribution in [0.2, 0.25) is 0 Å². The maximum atomic E-state index is 11.5. The van der Waals surface area contributed by atoms with E-state index < -0.39 is 0 Å². The summed E-state index contributed by atoms with van der Waals surface area (Å²) in [4.78, 5) is 11.5. The molecule has 1 saturated heterocycles. The number of hydrogen-bond acceptors (Lipinski definition) is 3. The third kappa shape index (κ3) is 4.94. The molecular formula is C12H24N2O2. The largest absolute Gasteiger partial charge is 0.378 e. The lowest BCUT2D eigenvalue weighted by molar-refractivity contribution is -0.122. The van der Waals surface area contributed by atoms with Crippen LogP contribution in [-0.4, -0.2) is 31.2 Å². The van der Waals surface area contributed by atoms with Crippen molar-refractivity contribution in [1.82, 2.24) is 5.32 Å². The first-order valence-electron chi connectivity index (χ1n) is 6.39. The van der Waals surface area contributed by atoms with Crippen molar-refractivity contribution in [3.63, 3.8) is 0 Å². The Labute approximate surface area is 97.9 Å². The van der Waals surface area contributed by atoms with E-state index in [1.54, 1.807) is 0 Å². The summed E-state index contributed by atoms with van der Waals surface area (Å²) in [6.45, 7) is 3.65. The average molecular weight is 228 g/mol.